The standard InChI is InChI=1S/C34H39F5N4O2.CH3NO/c1-23(2)44-15-16-45-30-8-5-26(6-9-30)27(11-13-40)4-3-24-17-25(21-43-14-12-33(35,36)31(41)22-43)19-29(18-24)28-7-10-32(42-20-28)34(37,38)39;2-1-3/h4-11,13,17-20,23,31H,3,12,14-16,21-22,40-41H2,1-2H3;1H,(H2,2,3)/b13-11-,27-4+;. The molecule has 6 N–H and O–H groups in total. The molecule has 48 heavy (non-hydrogen) atoms. The molecule has 1 aliphatic heterocycles. The van der Waals surface area contributed by atoms with Gasteiger partial charge in [-0.15, -0.1) is 0 Å². The van der Waals surface area contributed by atoms with E-state index in [1.54, 1.807) is 6.08 Å². The van der Waals surface area contributed by atoms with Crippen molar-refractivity contribution in [1.82, 2.24) is 9.88 Å². The quantitative estimate of drug-likeness (QED) is 0.0938. The maximum absolute atomic E-state index is 14.0. The Morgan fingerprint density at radius 1 is 1.04 bits per heavy atom. The van der Waals surface area contributed by atoms with Gasteiger partial charge in [0.1, 0.15) is 18.1 Å². The molecule has 1 unspecified atom stereocenters. The van der Waals surface area contributed by atoms with Crippen molar-refractivity contribution < 1.29 is 36.2 Å². The average Bonchev–Trinajstić information content (AvgIpc) is 3.03. The van der Waals surface area contributed by atoms with Crippen LogP contribution in [0.15, 0.2) is 79.1 Å². The summed E-state index contributed by atoms with van der Waals surface area (Å²) in [6.07, 6.45) is 2.39. The fraction of sp³-hybridized carbons (Fsp3) is 0.371. The minimum Gasteiger partial charge on any atom is -0.491 e. The second kappa shape index (κ2) is 17.7. The van der Waals surface area contributed by atoms with Crippen LogP contribution in [-0.4, -0.2) is 60.7 Å². The molecule has 1 atom stereocenters. The van der Waals surface area contributed by atoms with E-state index in [1.807, 2.05) is 67.3 Å². The van der Waals surface area contributed by atoms with Gasteiger partial charge in [-0.2, -0.15) is 13.2 Å². The lowest BCUT2D eigenvalue weighted by atomic mass is 9.96. The summed E-state index contributed by atoms with van der Waals surface area (Å²) >= 11 is 0. The average molecular weight is 676 g/mol. The Morgan fingerprint density at radius 2 is 1.73 bits per heavy atom. The van der Waals surface area contributed by atoms with E-state index in [0.29, 0.717) is 43.1 Å². The van der Waals surface area contributed by atoms with Crippen LogP contribution >= 0.6 is 0 Å². The number of pyridine rings is 1. The molecule has 2 heterocycles. The molecule has 1 amide bonds. The van der Waals surface area contributed by atoms with Crippen LogP contribution < -0.4 is 21.9 Å². The van der Waals surface area contributed by atoms with Crippen molar-refractivity contribution in [1.29, 1.82) is 0 Å². The number of rotatable bonds is 12. The number of ether oxygens (including phenoxy) is 2. The molecule has 4 rings (SSSR count). The zero-order valence-electron chi connectivity index (χ0n) is 26.9. The van der Waals surface area contributed by atoms with E-state index in [4.69, 9.17) is 25.7 Å². The normalized spacial score (nSPS) is 16.9. The minimum absolute atomic E-state index is 0.0319. The zero-order chi connectivity index (χ0) is 35.3. The number of piperidine rings is 1. The molecule has 1 fully saturated rings. The number of likely N-dealkylation sites (tertiary alicyclic amines) is 1. The smallest absolute Gasteiger partial charge is 0.433 e. The molecule has 1 saturated heterocycles. The van der Waals surface area contributed by atoms with Gasteiger partial charge in [-0.3, -0.25) is 14.7 Å². The van der Waals surface area contributed by atoms with Gasteiger partial charge in [0.2, 0.25) is 6.41 Å². The number of benzene rings is 2. The number of nitrogens with two attached hydrogens (primary N) is 3. The van der Waals surface area contributed by atoms with E-state index in [1.165, 1.54) is 18.5 Å². The highest BCUT2D eigenvalue weighted by atomic mass is 19.4. The first-order chi connectivity index (χ1) is 22.7. The molecule has 8 nitrogen and oxygen atoms in total. The highest BCUT2D eigenvalue weighted by Crippen LogP contribution is 2.32. The number of carbonyl (C=O) groups excluding carboxylic acids is 1. The van der Waals surface area contributed by atoms with Gasteiger partial charge in [-0.05, 0) is 84.6 Å². The Balaban J connectivity index is 0.00000201. The van der Waals surface area contributed by atoms with Crippen molar-refractivity contribution in [3.05, 3.63) is 102 Å². The molecule has 0 radical (unpaired) electrons. The minimum atomic E-state index is -4.55. The van der Waals surface area contributed by atoms with Crippen molar-refractivity contribution >= 4 is 12.0 Å². The van der Waals surface area contributed by atoms with Gasteiger partial charge in [-0.25, -0.2) is 8.78 Å². The van der Waals surface area contributed by atoms with Gasteiger partial charge < -0.3 is 26.7 Å². The summed E-state index contributed by atoms with van der Waals surface area (Å²) in [6, 6.07) is 14.3. The van der Waals surface area contributed by atoms with Crippen LogP contribution in [0.2, 0.25) is 0 Å². The highest BCUT2D eigenvalue weighted by molar-refractivity contribution is 5.74. The number of hydrogen-bond donors (Lipinski definition) is 3. The number of aromatic nitrogens is 1. The fourth-order valence-corrected chi connectivity index (χ4v) is 5.07. The van der Waals surface area contributed by atoms with E-state index < -0.39 is 23.8 Å². The number of primary amides is 1. The maximum Gasteiger partial charge on any atom is 0.433 e. The summed E-state index contributed by atoms with van der Waals surface area (Å²) in [6.45, 7) is 5.42. The highest BCUT2D eigenvalue weighted by Gasteiger charge is 2.41. The monoisotopic (exact) mass is 675 g/mol. The van der Waals surface area contributed by atoms with Crippen LogP contribution in [0.1, 0.15) is 42.7 Å². The molecule has 13 heteroatoms. The molecule has 1 aromatic heterocycles. The van der Waals surface area contributed by atoms with Crippen LogP contribution in [0.3, 0.4) is 0 Å². The summed E-state index contributed by atoms with van der Waals surface area (Å²) in [4.78, 5) is 14.1. The first kappa shape index (κ1) is 38.1. The maximum atomic E-state index is 14.0. The molecule has 0 saturated carbocycles. The van der Waals surface area contributed by atoms with Crippen LogP contribution in [0.5, 0.6) is 5.75 Å². The molecular weight excluding hydrogens is 633 g/mol. The number of hydrogen-bond acceptors (Lipinski definition) is 7. The molecule has 2 aromatic carbocycles. The Hall–Kier alpha value is -4.33. The molecular formula is C35H42F5N5O3. The van der Waals surface area contributed by atoms with E-state index in [-0.39, 0.29) is 32.0 Å². The Kier molecular flexibility index (Phi) is 14.1. The van der Waals surface area contributed by atoms with Gasteiger partial charge in [0.25, 0.3) is 5.92 Å². The van der Waals surface area contributed by atoms with Gasteiger partial charge in [-0.1, -0.05) is 36.4 Å². The lowest BCUT2D eigenvalue weighted by Crippen LogP contribution is -2.54. The molecule has 0 spiro atoms. The first-order valence-corrected chi connectivity index (χ1v) is 15.4. The largest absolute Gasteiger partial charge is 0.491 e. The Labute approximate surface area is 277 Å². The van der Waals surface area contributed by atoms with E-state index in [9.17, 15) is 22.0 Å². The number of carbonyl (C=O) groups is 1. The van der Waals surface area contributed by atoms with Gasteiger partial charge in [0, 0.05) is 37.8 Å². The number of nitrogens with zero attached hydrogens (tertiary/aromatic N) is 2. The van der Waals surface area contributed by atoms with Crippen molar-refractivity contribution in [2.24, 2.45) is 17.2 Å². The Bertz CT molecular complexity index is 1510. The predicted octanol–water partition coefficient (Wildman–Crippen LogP) is 5.94. The number of alkyl halides is 5. The van der Waals surface area contributed by atoms with Gasteiger partial charge in [0.05, 0.1) is 18.8 Å². The van der Waals surface area contributed by atoms with Crippen LogP contribution in [-0.2, 0) is 28.7 Å². The topological polar surface area (TPSA) is 130 Å². The second-order valence-electron chi connectivity index (χ2n) is 11.5. The summed E-state index contributed by atoms with van der Waals surface area (Å²) in [5.74, 6) is -2.21. The molecule has 0 aliphatic carbocycles. The van der Waals surface area contributed by atoms with Crippen molar-refractivity contribution in [3.8, 4) is 16.9 Å². The summed E-state index contributed by atoms with van der Waals surface area (Å²) in [5.41, 5.74) is 19.3. The number of allylic oxidation sites excluding steroid dienone is 3. The van der Waals surface area contributed by atoms with Crippen LogP contribution in [0.25, 0.3) is 16.7 Å². The molecule has 260 valence electrons. The molecule has 1 aliphatic rings. The van der Waals surface area contributed by atoms with Crippen molar-refractivity contribution in [3.63, 3.8) is 0 Å². The van der Waals surface area contributed by atoms with Gasteiger partial charge >= 0.3 is 6.18 Å². The summed E-state index contributed by atoms with van der Waals surface area (Å²) in [7, 11) is 0. The third-order valence-electron chi connectivity index (χ3n) is 7.43. The fourth-order valence-electron chi connectivity index (χ4n) is 5.07. The molecule has 0 bridgehead atoms. The zero-order valence-corrected chi connectivity index (χ0v) is 26.9. The van der Waals surface area contributed by atoms with E-state index in [0.717, 1.165) is 28.3 Å². The Morgan fingerprint density at radius 3 is 2.31 bits per heavy atom. The number of halogens is 5. The lowest BCUT2D eigenvalue weighted by Gasteiger charge is -2.36. The summed E-state index contributed by atoms with van der Waals surface area (Å²) < 4.78 is 78.6. The third kappa shape index (κ3) is 11.7. The van der Waals surface area contributed by atoms with Crippen LogP contribution in [0, 0.1) is 0 Å². The molecule has 3 aromatic rings. The van der Waals surface area contributed by atoms with Gasteiger partial charge in [0.15, 0.2) is 0 Å². The SMILES string of the molecule is CC(C)OCCOc1ccc(C(/C=C\N)=C/Cc2cc(CN3CCC(F)(F)C(N)C3)cc(-c3ccc(C(F)(F)F)nc3)c2)cc1.NC=O. The second-order valence-corrected chi connectivity index (χ2v) is 11.5. The van der Waals surface area contributed by atoms with Crippen molar-refractivity contribution in [2.75, 3.05) is 26.3 Å². The van der Waals surface area contributed by atoms with E-state index >= 15 is 0 Å². The van der Waals surface area contributed by atoms with E-state index in [2.05, 4.69) is 10.7 Å². The lowest BCUT2D eigenvalue weighted by molar-refractivity contribution is -0.141. The predicted molar refractivity (Wildman–Crippen MR) is 176 cm³/mol. The van der Waals surface area contributed by atoms with Crippen molar-refractivity contribution in [2.45, 2.75) is 57.5 Å². The summed E-state index contributed by atoms with van der Waals surface area (Å²) in [5, 5.41) is 0. The first-order valence-electron chi connectivity index (χ1n) is 15.4. The number of amides is 1. The third-order valence-corrected chi connectivity index (χ3v) is 7.43. The van der Waals surface area contributed by atoms with Crippen LogP contribution in [0.4, 0.5) is 22.0 Å².